The molecule has 6 heteroatoms. The van der Waals surface area contributed by atoms with E-state index in [1.54, 1.807) is 14.2 Å². The van der Waals surface area contributed by atoms with Gasteiger partial charge in [0.25, 0.3) is 5.91 Å². The average molecular weight is 442 g/mol. The van der Waals surface area contributed by atoms with Gasteiger partial charge in [0.2, 0.25) is 0 Å². The Hall–Kier alpha value is -4.24. The molecule has 0 aliphatic carbocycles. The number of hydrogen-bond acceptors (Lipinski definition) is 5. The number of nitrogens with zero attached hydrogens (tertiary/aromatic N) is 1. The summed E-state index contributed by atoms with van der Waals surface area (Å²) in [6.45, 7) is 0.383. The van der Waals surface area contributed by atoms with Gasteiger partial charge < -0.3 is 20.1 Å². The molecule has 0 bridgehead atoms. The summed E-state index contributed by atoms with van der Waals surface area (Å²) in [5.74, 6) is 0.860. The number of amides is 1. The van der Waals surface area contributed by atoms with E-state index >= 15 is 0 Å². The number of rotatable bonds is 10. The monoisotopic (exact) mass is 441 g/mol. The zero-order chi connectivity index (χ0) is 23.5. The predicted molar refractivity (Wildman–Crippen MR) is 128 cm³/mol. The van der Waals surface area contributed by atoms with Crippen LogP contribution in [-0.4, -0.2) is 26.7 Å². The molecule has 0 radical (unpaired) electrons. The minimum absolute atomic E-state index is 0.0131. The highest BCUT2D eigenvalue weighted by Crippen LogP contribution is 2.27. The van der Waals surface area contributed by atoms with E-state index in [0.29, 0.717) is 24.5 Å². The first kappa shape index (κ1) is 23.4. The van der Waals surface area contributed by atoms with Crippen LogP contribution >= 0.6 is 0 Å². The molecule has 0 saturated carbocycles. The molecule has 0 aliphatic heterocycles. The lowest BCUT2D eigenvalue weighted by molar-refractivity contribution is -0.117. The molecule has 0 spiro atoms. The quantitative estimate of drug-likeness (QED) is 0.365. The van der Waals surface area contributed by atoms with Crippen LogP contribution in [0.25, 0.3) is 0 Å². The summed E-state index contributed by atoms with van der Waals surface area (Å²) >= 11 is 0. The molecular weight excluding hydrogens is 414 g/mol. The van der Waals surface area contributed by atoms with E-state index in [9.17, 15) is 10.1 Å². The molecule has 3 rings (SSSR count). The topological polar surface area (TPSA) is 83.4 Å². The zero-order valence-corrected chi connectivity index (χ0v) is 18.7. The number of hydrogen-bond donors (Lipinski definition) is 2. The highest BCUT2D eigenvalue weighted by atomic mass is 16.5. The molecule has 168 valence electrons. The summed E-state index contributed by atoms with van der Waals surface area (Å²) in [5.41, 5.74) is 3.07. The second kappa shape index (κ2) is 12.0. The minimum Gasteiger partial charge on any atom is -0.493 e. The molecule has 0 saturated heterocycles. The van der Waals surface area contributed by atoms with Crippen LogP contribution in [0.1, 0.15) is 22.7 Å². The molecule has 0 fully saturated rings. The van der Waals surface area contributed by atoms with Crippen molar-refractivity contribution in [2.24, 2.45) is 0 Å². The highest BCUT2D eigenvalue weighted by Gasteiger charge is 2.14. The average Bonchev–Trinajstić information content (AvgIpc) is 2.87. The number of nitrogens with one attached hydrogen (secondary N) is 2. The zero-order valence-electron chi connectivity index (χ0n) is 18.7. The largest absolute Gasteiger partial charge is 0.493 e. The lowest BCUT2D eigenvalue weighted by Crippen LogP contribution is -2.28. The van der Waals surface area contributed by atoms with Crippen LogP contribution < -0.4 is 20.1 Å². The van der Waals surface area contributed by atoms with E-state index in [4.69, 9.17) is 9.47 Å². The first-order valence-electron chi connectivity index (χ1n) is 10.6. The van der Waals surface area contributed by atoms with Crippen molar-refractivity contribution in [3.8, 4) is 17.6 Å². The third-order valence-corrected chi connectivity index (χ3v) is 5.17. The van der Waals surface area contributed by atoms with Crippen molar-refractivity contribution >= 4 is 5.91 Å². The van der Waals surface area contributed by atoms with Crippen molar-refractivity contribution in [2.75, 3.05) is 20.8 Å². The highest BCUT2D eigenvalue weighted by molar-refractivity contribution is 5.97. The third-order valence-electron chi connectivity index (χ3n) is 5.17. The van der Waals surface area contributed by atoms with Crippen LogP contribution in [0.5, 0.6) is 11.5 Å². The molecule has 2 N–H and O–H groups in total. The first-order valence-corrected chi connectivity index (χ1v) is 10.6. The second-order valence-corrected chi connectivity index (χ2v) is 7.29. The maximum Gasteiger partial charge on any atom is 0.263 e. The van der Waals surface area contributed by atoms with Crippen LogP contribution in [0.4, 0.5) is 0 Å². The summed E-state index contributed by atoms with van der Waals surface area (Å²) in [5, 5.41) is 15.6. The van der Waals surface area contributed by atoms with Gasteiger partial charge in [-0.05, 0) is 35.2 Å². The van der Waals surface area contributed by atoms with E-state index in [1.165, 1.54) is 6.20 Å². The number of carbonyl (C=O) groups is 1. The van der Waals surface area contributed by atoms with Gasteiger partial charge in [-0.25, -0.2) is 0 Å². The summed E-state index contributed by atoms with van der Waals surface area (Å²) in [6.07, 6.45) is 2.07. The Balaban J connectivity index is 1.65. The van der Waals surface area contributed by atoms with Gasteiger partial charge >= 0.3 is 0 Å². The van der Waals surface area contributed by atoms with Gasteiger partial charge in [0.05, 0.1) is 20.3 Å². The number of ether oxygens (including phenoxy) is 2. The number of nitriles is 1. The molecule has 3 aromatic rings. The van der Waals surface area contributed by atoms with E-state index in [0.717, 1.165) is 16.7 Å². The fraction of sp³-hybridized carbons (Fsp3) is 0.185. The Morgan fingerprint density at radius 3 is 2.09 bits per heavy atom. The van der Waals surface area contributed by atoms with Crippen LogP contribution in [0.15, 0.2) is 90.6 Å². The van der Waals surface area contributed by atoms with Gasteiger partial charge in [0, 0.05) is 12.7 Å². The Kier molecular flexibility index (Phi) is 8.49. The lowest BCUT2D eigenvalue weighted by Gasteiger charge is -2.19. The van der Waals surface area contributed by atoms with Gasteiger partial charge in [-0.15, -0.1) is 0 Å². The van der Waals surface area contributed by atoms with Gasteiger partial charge in [0.15, 0.2) is 11.5 Å². The van der Waals surface area contributed by atoms with Gasteiger partial charge in [-0.1, -0.05) is 66.7 Å². The number of methoxy groups -OCH3 is 2. The maximum atomic E-state index is 12.6. The molecule has 33 heavy (non-hydrogen) atoms. The standard InChI is InChI=1S/C27H27N3O3/c1-32-24-14-13-20(17-25(24)33-2)15-16-29-27(31)23(18-28)19-30-26(21-9-5-3-6-10-21)22-11-7-4-8-12-22/h3-14,17,19,26,30H,15-16H2,1-2H3,(H,29,31)/b23-19-. The number of carbonyl (C=O) groups excluding carboxylic acids is 1. The fourth-order valence-electron chi connectivity index (χ4n) is 3.44. The molecule has 1 amide bonds. The van der Waals surface area contributed by atoms with Crippen LogP contribution in [0.2, 0.25) is 0 Å². The maximum absolute atomic E-state index is 12.6. The summed E-state index contributed by atoms with van der Waals surface area (Å²) in [6, 6.07) is 27.2. The van der Waals surface area contributed by atoms with Crippen molar-refractivity contribution in [1.29, 1.82) is 5.26 Å². The molecule has 6 nitrogen and oxygen atoms in total. The molecular formula is C27H27N3O3. The SMILES string of the molecule is COc1ccc(CCNC(=O)/C(C#N)=C\NC(c2ccccc2)c2ccccc2)cc1OC. The van der Waals surface area contributed by atoms with Crippen molar-refractivity contribution in [2.45, 2.75) is 12.5 Å². The van der Waals surface area contributed by atoms with Crippen LogP contribution in [0.3, 0.4) is 0 Å². The van der Waals surface area contributed by atoms with E-state index in [-0.39, 0.29) is 11.6 Å². The molecule has 0 aromatic heterocycles. The molecule has 0 unspecified atom stereocenters. The van der Waals surface area contributed by atoms with Crippen LogP contribution in [-0.2, 0) is 11.2 Å². The molecule has 3 aromatic carbocycles. The third kappa shape index (κ3) is 6.37. The van der Waals surface area contributed by atoms with E-state index in [1.807, 2.05) is 84.9 Å². The summed E-state index contributed by atoms with van der Waals surface area (Å²) in [7, 11) is 3.17. The fourth-order valence-corrected chi connectivity index (χ4v) is 3.44. The van der Waals surface area contributed by atoms with Crippen molar-refractivity contribution < 1.29 is 14.3 Å². The molecule has 0 heterocycles. The van der Waals surface area contributed by atoms with Gasteiger partial charge in [0.1, 0.15) is 11.6 Å². The lowest BCUT2D eigenvalue weighted by atomic mass is 9.99. The number of benzene rings is 3. The van der Waals surface area contributed by atoms with Gasteiger partial charge in [-0.3, -0.25) is 4.79 Å². The minimum atomic E-state index is -0.426. The first-order chi connectivity index (χ1) is 16.2. The summed E-state index contributed by atoms with van der Waals surface area (Å²) < 4.78 is 10.6. The molecule has 0 aliphatic rings. The predicted octanol–water partition coefficient (Wildman–Crippen LogP) is 4.15. The Labute approximate surface area is 194 Å². The smallest absolute Gasteiger partial charge is 0.263 e. The van der Waals surface area contributed by atoms with Gasteiger partial charge in [-0.2, -0.15) is 5.26 Å². The van der Waals surface area contributed by atoms with Crippen LogP contribution in [0, 0.1) is 11.3 Å². The van der Waals surface area contributed by atoms with E-state index in [2.05, 4.69) is 10.6 Å². The van der Waals surface area contributed by atoms with Crippen molar-refractivity contribution in [3.05, 3.63) is 107 Å². The Morgan fingerprint density at radius 1 is 0.939 bits per heavy atom. The van der Waals surface area contributed by atoms with E-state index < -0.39 is 5.91 Å². The van der Waals surface area contributed by atoms with Crippen molar-refractivity contribution in [3.63, 3.8) is 0 Å². The Bertz CT molecular complexity index is 1080. The second-order valence-electron chi connectivity index (χ2n) is 7.29. The van der Waals surface area contributed by atoms with Crippen molar-refractivity contribution in [1.82, 2.24) is 10.6 Å². The summed E-state index contributed by atoms with van der Waals surface area (Å²) in [4.78, 5) is 12.6. The molecule has 0 atom stereocenters. The Morgan fingerprint density at radius 2 is 1.55 bits per heavy atom. The normalized spacial score (nSPS) is 10.9.